The van der Waals surface area contributed by atoms with Crippen molar-refractivity contribution in [3.63, 3.8) is 0 Å². The van der Waals surface area contributed by atoms with E-state index in [0.717, 1.165) is 12.5 Å². The first-order valence-corrected chi connectivity index (χ1v) is 19.4. The van der Waals surface area contributed by atoms with Crippen LogP contribution >= 0.6 is 11.8 Å². The van der Waals surface area contributed by atoms with Crippen molar-refractivity contribution in [2.75, 3.05) is 19.5 Å². The lowest BCUT2D eigenvalue weighted by Crippen LogP contribution is -2.65. The van der Waals surface area contributed by atoms with Gasteiger partial charge in [-0.3, -0.25) is 24.0 Å². The average molecular weight is 826 g/mol. The standard InChI is InChI=1S/C41H51N3O13S/c1-24(45)42-34-36(55-27(4)48)35(54-26(3)47)33(23-53-25(2)46)56-39(34)58-20-12-15-28-16-18-30(19-17-28)21-31(44-40(51)57-41(5,6)7)37(49)43-32(38(50)52-8)22-29-13-10-9-11-14-29/h9-11,13-14,16-19,31-36,39H,20-23H2,1-8H3,(H,42,45)(H,43,49)(H,44,51)/t31-,32-,33?,34?,35?,36?,39?/m0/s1. The lowest BCUT2D eigenvalue weighted by Gasteiger charge is -2.45. The van der Waals surface area contributed by atoms with Crippen molar-refractivity contribution in [2.24, 2.45) is 0 Å². The van der Waals surface area contributed by atoms with E-state index in [1.807, 2.05) is 30.3 Å². The smallest absolute Gasteiger partial charge is 0.408 e. The number of rotatable bonds is 15. The Morgan fingerprint density at radius 3 is 1.97 bits per heavy atom. The number of hydrogen-bond acceptors (Lipinski definition) is 14. The Kier molecular flexibility index (Phi) is 18.0. The lowest BCUT2D eigenvalue weighted by molar-refractivity contribution is -0.211. The summed E-state index contributed by atoms with van der Waals surface area (Å²) in [5, 5.41) is 8.06. The molecule has 1 aliphatic rings. The van der Waals surface area contributed by atoms with Crippen LogP contribution in [-0.4, -0.2) is 109 Å². The summed E-state index contributed by atoms with van der Waals surface area (Å²) in [6.07, 6.45) is -4.01. The van der Waals surface area contributed by atoms with E-state index < -0.39 is 89.3 Å². The molecule has 3 rings (SSSR count). The van der Waals surface area contributed by atoms with Gasteiger partial charge in [0.25, 0.3) is 0 Å². The van der Waals surface area contributed by atoms with Crippen LogP contribution in [0.5, 0.6) is 0 Å². The molecule has 2 aromatic rings. The van der Waals surface area contributed by atoms with Gasteiger partial charge >= 0.3 is 30.0 Å². The van der Waals surface area contributed by atoms with E-state index in [1.165, 1.54) is 39.6 Å². The zero-order valence-corrected chi connectivity index (χ0v) is 34.6. The van der Waals surface area contributed by atoms with Crippen LogP contribution in [-0.2, 0) is 70.0 Å². The fourth-order valence-corrected chi connectivity index (χ4v) is 6.74. The summed E-state index contributed by atoms with van der Waals surface area (Å²) in [6, 6.07) is 12.9. The zero-order valence-electron chi connectivity index (χ0n) is 33.8. The van der Waals surface area contributed by atoms with Gasteiger partial charge in [0.15, 0.2) is 12.2 Å². The third kappa shape index (κ3) is 16.1. The highest BCUT2D eigenvalue weighted by atomic mass is 32.2. The molecule has 0 spiro atoms. The minimum Gasteiger partial charge on any atom is -0.467 e. The minimum atomic E-state index is -1.20. The molecule has 2 aromatic carbocycles. The molecule has 0 aromatic heterocycles. The van der Waals surface area contributed by atoms with Gasteiger partial charge in [-0.2, -0.15) is 0 Å². The van der Waals surface area contributed by atoms with Crippen molar-refractivity contribution in [1.82, 2.24) is 16.0 Å². The van der Waals surface area contributed by atoms with Gasteiger partial charge in [0.2, 0.25) is 11.8 Å². The maximum atomic E-state index is 13.6. The van der Waals surface area contributed by atoms with Crippen LogP contribution in [0, 0.1) is 11.8 Å². The number of esters is 4. The Balaban J connectivity index is 1.78. The highest BCUT2D eigenvalue weighted by Crippen LogP contribution is 2.32. The monoisotopic (exact) mass is 825 g/mol. The van der Waals surface area contributed by atoms with Crippen molar-refractivity contribution in [1.29, 1.82) is 0 Å². The number of thioether (sulfide) groups is 1. The summed E-state index contributed by atoms with van der Waals surface area (Å²) in [5.74, 6) is 2.51. The predicted molar refractivity (Wildman–Crippen MR) is 211 cm³/mol. The number of nitrogens with one attached hydrogen (secondary N) is 3. The highest BCUT2D eigenvalue weighted by Gasteiger charge is 2.50. The predicted octanol–water partition coefficient (Wildman–Crippen LogP) is 2.76. The fraction of sp³-hybridized carbons (Fsp3) is 0.488. The largest absolute Gasteiger partial charge is 0.467 e. The first-order valence-electron chi connectivity index (χ1n) is 18.4. The van der Waals surface area contributed by atoms with Gasteiger partial charge in [-0.25, -0.2) is 9.59 Å². The summed E-state index contributed by atoms with van der Waals surface area (Å²) in [6.45, 7) is 9.58. The summed E-state index contributed by atoms with van der Waals surface area (Å²) in [4.78, 5) is 87.1. The minimum absolute atomic E-state index is 0.0454. The molecule has 1 heterocycles. The van der Waals surface area contributed by atoms with Crippen LogP contribution in [0.4, 0.5) is 4.79 Å². The first-order chi connectivity index (χ1) is 27.3. The second kappa shape index (κ2) is 22.4. The number of carbonyl (C=O) groups is 7. The number of benzene rings is 2. The molecule has 0 aliphatic carbocycles. The second-order valence-electron chi connectivity index (χ2n) is 14.2. The van der Waals surface area contributed by atoms with E-state index in [2.05, 4.69) is 27.8 Å². The Hall–Kier alpha value is -5.60. The SMILES string of the molecule is COC(=O)[C@H](Cc1ccccc1)NC(=O)[C@H](Cc1ccc(C#CCSC2OC(COC(C)=O)C(OC(C)=O)C(OC(C)=O)C2NC(C)=O)cc1)NC(=O)OC(C)(C)C. The summed E-state index contributed by atoms with van der Waals surface area (Å²) in [5.41, 5.74) is 0.375. The van der Waals surface area contributed by atoms with Gasteiger partial charge < -0.3 is 44.4 Å². The highest BCUT2D eigenvalue weighted by molar-refractivity contribution is 8.00. The molecular formula is C41H51N3O13S. The molecule has 0 saturated carbocycles. The van der Waals surface area contributed by atoms with Crippen LogP contribution in [0.1, 0.15) is 65.2 Å². The summed E-state index contributed by atoms with van der Waals surface area (Å²) < 4.78 is 32.6. The molecule has 3 amide bonds. The van der Waals surface area contributed by atoms with E-state index >= 15 is 0 Å². The molecule has 58 heavy (non-hydrogen) atoms. The topological polar surface area (TPSA) is 211 Å². The van der Waals surface area contributed by atoms with E-state index in [1.54, 1.807) is 45.0 Å². The fourth-order valence-electron chi connectivity index (χ4n) is 5.77. The normalized spacial score (nSPS) is 19.7. The second-order valence-corrected chi connectivity index (χ2v) is 15.3. The molecule has 0 bridgehead atoms. The van der Waals surface area contributed by atoms with Crippen LogP contribution in [0.15, 0.2) is 54.6 Å². The lowest BCUT2D eigenvalue weighted by atomic mass is 9.97. The molecule has 1 saturated heterocycles. The van der Waals surface area contributed by atoms with E-state index in [4.69, 9.17) is 28.4 Å². The van der Waals surface area contributed by atoms with Gasteiger partial charge in [-0.1, -0.05) is 54.3 Å². The quantitative estimate of drug-likeness (QED) is 0.134. The van der Waals surface area contributed by atoms with E-state index in [0.29, 0.717) is 11.1 Å². The molecular weight excluding hydrogens is 775 g/mol. The zero-order chi connectivity index (χ0) is 43.0. The van der Waals surface area contributed by atoms with Crippen molar-refractivity contribution < 1.29 is 62.0 Å². The average Bonchev–Trinajstić information content (AvgIpc) is 3.13. The van der Waals surface area contributed by atoms with Crippen molar-refractivity contribution in [3.05, 3.63) is 71.3 Å². The maximum Gasteiger partial charge on any atom is 0.408 e. The number of alkyl carbamates (subject to hydrolysis) is 1. The van der Waals surface area contributed by atoms with Gasteiger partial charge in [0.05, 0.1) is 12.9 Å². The van der Waals surface area contributed by atoms with Crippen LogP contribution < -0.4 is 16.0 Å². The van der Waals surface area contributed by atoms with Crippen molar-refractivity contribution >= 4 is 53.5 Å². The van der Waals surface area contributed by atoms with Crippen LogP contribution in [0.25, 0.3) is 0 Å². The number of hydrogen-bond donors (Lipinski definition) is 3. The van der Waals surface area contributed by atoms with E-state index in [9.17, 15) is 33.6 Å². The van der Waals surface area contributed by atoms with Gasteiger partial charge in [0, 0.05) is 46.1 Å². The van der Waals surface area contributed by atoms with E-state index in [-0.39, 0.29) is 25.2 Å². The van der Waals surface area contributed by atoms with Crippen LogP contribution in [0.3, 0.4) is 0 Å². The Morgan fingerprint density at radius 2 is 1.40 bits per heavy atom. The summed E-state index contributed by atoms with van der Waals surface area (Å²) >= 11 is 1.18. The van der Waals surface area contributed by atoms with Crippen molar-refractivity contribution in [3.8, 4) is 11.8 Å². The number of carbonyl (C=O) groups excluding carboxylic acids is 7. The first kappa shape index (κ1) is 46.8. The molecule has 5 unspecified atom stereocenters. The Morgan fingerprint density at radius 1 is 0.793 bits per heavy atom. The molecule has 17 heteroatoms. The molecule has 1 aliphatic heterocycles. The molecule has 3 N–H and O–H groups in total. The number of ether oxygens (including phenoxy) is 6. The van der Waals surface area contributed by atoms with Crippen LogP contribution in [0.2, 0.25) is 0 Å². The molecule has 314 valence electrons. The van der Waals surface area contributed by atoms with Gasteiger partial charge in [0.1, 0.15) is 41.9 Å². The molecule has 7 atom stereocenters. The molecule has 0 radical (unpaired) electrons. The number of amides is 3. The molecule has 16 nitrogen and oxygen atoms in total. The van der Waals surface area contributed by atoms with Gasteiger partial charge in [-0.05, 0) is 44.0 Å². The van der Waals surface area contributed by atoms with Crippen molar-refractivity contribution in [2.45, 2.75) is 109 Å². The molecule has 1 fully saturated rings. The summed E-state index contributed by atoms with van der Waals surface area (Å²) in [7, 11) is 1.23. The maximum absolute atomic E-state index is 13.6. The Bertz CT molecular complexity index is 1820. The Labute approximate surface area is 342 Å². The third-order valence-corrected chi connectivity index (χ3v) is 9.15. The number of methoxy groups -OCH3 is 1. The van der Waals surface area contributed by atoms with Gasteiger partial charge in [-0.15, -0.1) is 11.8 Å². The third-order valence-electron chi connectivity index (χ3n) is 8.11.